The molecular weight excluding hydrogens is 151 g/mol. The van der Waals surface area contributed by atoms with Gasteiger partial charge in [-0.1, -0.05) is 46.8 Å². The maximum absolute atomic E-state index is 12.5. The molecule has 0 aliphatic heterocycles. The number of hydrogen-bond acceptors (Lipinski definition) is 0. The van der Waals surface area contributed by atoms with Gasteiger partial charge >= 0.3 is 0 Å². The fourth-order valence-corrected chi connectivity index (χ4v) is 0.634. The highest BCUT2D eigenvalue weighted by Crippen LogP contribution is 2.03. The summed E-state index contributed by atoms with van der Waals surface area (Å²) in [6, 6.07) is 0. The predicted octanol–water partition coefficient (Wildman–Crippen LogP) is 4.36. The van der Waals surface area contributed by atoms with E-state index in [1.807, 2.05) is 26.8 Å². The standard InChI is InChI=1S/C9H17F.C2H6/c1-4-9(10)7-5-6-8(2)3;1-2/h5,7-9H,4,6H2,1-3H3;1-2H3/b7-5-;. The van der Waals surface area contributed by atoms with Gasteiger partial charge in [-0.3, -0.25) is 0 Å². The Morgan fingerprint density at radius 3 is 2.08 bits per heavy atom. The van der Waals surface area contributed by atoms with Gasteiger partial charge in [-0.2, -0.15) is 0 Å². The van der Waals surface area contributed by atoms with Crippen molar-refractivity contribution in [2.45, 2.75) is 53.6 Å². The van der Waals surface area contributed by atoms with Gasteiger partial charge < -0.3 is 0 Å². The van der Waals surface area contributed by atoms with Crippen LogP contribution < -0.4 is 0 Å². The van der Waals surface area contributed by atoms with Crippen molar-refractivity contribution in [3.8, 4) is 0 Å². The van der Waals surface area contributed by atoms with E-state index in [0.717, 1.165) is 6.42 Å². The second-order valence-electron chi connectivity index (χ2n) is 2.98. The van der Waals surface area contributed by atoms with Crippen molar-refractivity contribution < 1.29 is 4.39 Å². The van der Waals surface area contributed by atoms with Crippen LogP contribution in [0.25, 0.3) is 0 Å². The van der Waals surface area contributed by atoms with Gasteiger partial charge in [0.15, 0.2) is 0 Å². The zero-order valence-electron chi connectivity index (χ0n) is 9.10. The van der Waals surface area contributed by atoms with Crippen LogP contribution in [0.2, 0.25) is 0 Å². The number of hydrogen-bond donors (Lipinski definition) is 0. The van der Waals surface area contributed by atoms with E-state index in [-0.39, 0.29) is 0 Å². The van der Waals surface area contributed by atoms with Crippen molar-refractivity contribution in [1.82, 2.24) is 0 Å². The number of allylic oxidation sites excluding steroid dienone is 2. The summed E-state index contributed by atoms with van der Waals surface area (Å²) in [6.07, 6.45) is 4.42. The van der Waals surface area contributed by atoms with Gasteiger partial charge in [-0.25, -0.2) is 4.39 Å². The van der Waals surface area contributed by atoms with Gasteiger partial charge in [0, 0.05) is 0 Å². The van der Waals surface area contributed by atoms with Gasteiger partial charge in [0.05, 0.1) is 0 Å². The molecule has 0 bridgehead atoms. The second kappa shape index (κ2) is 10.7. The van der Waals surface area contributed by atoms with Gasteiger partial charge in [0.2, 0.25) is 0 Å². The molecule has 0 N–H and O–H groups in total. The molecule has 0 spiro atoms. The lowest BCUT2D eigenvalue weighted by Crippen LogP contribution is -1.91. The van der Waals surface area contributed by atoms with Crippen molar-refractivity contribution in [1.29, 1.82) is 0 Å². The van der Waals surface area contributed by atoms with E-state index in [9.17, 15) is 4.39 Å². The largest absolute Gasteiger partial charge is 0.243 e. The summed E-state index contributed by atoms with van der Waals surface area (Å²) >= 11 is 0. The van der Waals surface area contributed by atoms with Crippen LogP contribution in [-0.2, 0) is 0 Å². The Morgan fingerprint density at radius 1 is 1.25 bits per heavy atom. The van der Waals surface area contributed by atoms with Crippen molar-refractivity contribution in [2.24, 2.45) is 5.92 Å². The first-order chi connectivity index (χ1) is 5.66. The molecule has 1 unspecified atom stereocenters. The lowest BCUT2D eigenvalue weighted by molar-refractivity contribution is 0.389. The van der Waals surface area contributed by atoms with Crippen LogP contribution in [0.1, 0.15) is 47.5 Å². The maximum atomic E-state index is 12.5. The Labute approximate surface area is 76.9 Å². The average Bonchev–Trinajstić information content (AvgIpc) is 2.07. The second-order valence-corrected chi connectivity index (χ2v) is 2.98. The lowest BCUT2D eigenvalue weighted by atomic mass is 10.1. The molecular formula is C11H23F. The topological polar surface area (TPSA) is 0 Å². The van der Waals surface area contributed by atoms with Gasteiger partial charge in [-0.15, -0.1) is 0 Å². The van der Waals surface area contributed by atoms with Gasteiger partial charge in [0.1, 0.15) is 6.17 Å². The molecule has 1 heteroatoms. The predicted molar refractivity (Wildman–Crippen MR) is 55.1 cm³/mol. The van der Waals surface area contributed by atoms with Crippen molar-refractivity contribution in [2.75, 3.05) is 0 Å². The van der Waals surface area contributed by atoms with Gasteiger partial charge in [-0.05, 0) is 18.8 Å². The minimum atomic E-state index is -0.737. The average molecular weight is 174 g/mol. The van der Waals surface area contributed by atoms with E-state index in [0.29, 0.717) is 12.3 Å². The van der Waals surface area contributed by atoms with Crippen LogP contribution >= 0.6 is 0 Å². The van der Waals surface area contributed by atoms with Crippen LogP contribution in [0.5, 0.6) is 0 Å². The van der Waals surface area contributed by atoms with Crippen LogP contribution in [-0.4, -0.2) is 6.17 Å². The normalized spacial score (nSPS) is 12.9. The molecule has 0 aliphatic rings. The summed E-state index contributed by atoms with van der Waals surface area (Å²) in [5, 5.41) is 0. The Morgan fingerprint density at radius 2 is 1.75 bits per heavy atom. The van der Waals surface area contributed by atoms with Crippen LogP contribution in [0.15, 0.2) is 12.2 Å². The SMILES string of the molecule is CC.CCC(F)/C=C\CC(C)C. The van der Waals surface area contributed by atoms with E-state index < -0.39 is 6.17 Å². The highest BCUT2D eigenvalue weighted by atomic mass is 19.1. The first kappa shape index (κ1) is 14.2. The zero-order valence-corrected chi connectivity index (χ0v) is 9.10. The number of rotatable bonds is 4. The molecule has 0 saturated carbocycles. The molecule has 0 aliphatic carbocycles. The molecule has 0 fully saturated rings. The third-order valence-electron chi connectivity index (χ3n) is 1.34. The van der Waals surface area contributed by atoms with Gasteiger partial charge in [0.25, 0.3) is 0 Å². The Kier molecular flexibility index (Phi) is 12.6. The first-order valence-electron chi connectivity index (χ1n) is 4.97. The number of alkyl halides is 1. The number of halogens is 1. The fourth-order valence-electron chi connectivity index (χ4n) is 0.634. The lowest BCUT2D eigenvalue weighted by Gasteiger charge is -1.98. The Bertz CT molecular complexity index is 95.2. The van der Waals surface area contributed by atoms with E-state index in [1.165, 1.54) is 0 Å². The quantitative estimate of drug-likeness (QED) is 0.555. The third kappa shape index (κ3) is 12.4. The molecule has 0 amide bonds. The minimum absolute atomic E-state index is 0.592. The molecule has 0 rings (SSSR count). The van der Waals surface area contributed by atoms with E-state index >= 15 is 0 Å². The summed E-state index contributed by atoms with van der Waals surface area (Å²) in [5.41, 5.74) is 0. The van der Waals surface area contributed by atoms with Crippen LogP contribution in [0.3, 0.4) is 0 Å². The van der Waals surface area contributed by atoms with E-state index in [2.05, 4.69) is 13.8 Å². The zero-order chi connectivity index (χ0) is 9.98. The van der Waals surface area contributed by atoms with E-state index in [1.54, 1.807) is 6.08 Å². The molecule has 0 nitrogen and oxygen atoms in total. The van der Waals surface area contributed by atoms with Crippen molar-refractivity contribution in [3.63, 3.8) is 0 Å². The summed E-state index contributed by atoms with van der Waals surface area (Å²) in [7, 11) is 0. The molecule has 1 atom stereocenters. The first-order valence-corrected chi connectivity index (χ1v) is 4.97. The van der Waals surface area contributed by atoms with Crippen LogP contribution in [0.4, 0.5) is 4.39 Å². The summed E-state index contributed by atoms with van der Waals surface area (Å²) in [4.78, 5) is 0. The molecule has 0 aromatic rings. The third-order valence-corrected chi connectivity index (χ3v) is 1.34. The van der Waals surface area contributed by atoms with Crippen molar-refractivity contribution >= 4 is 0 Å². The summed E-state index contributed by atoms with van der Waals surface area (Å²) in [5.74, 6) is 0.639. The Balaban J connectivity index is 0. The van der Waals surface area contributed by atoms with Crippen molar-refractivity contribution in [3.05, 3.63) is 12.2 Å². The summed E-state index contributed by atoms with van der Waals surface area (Å²) in [6.45, 7) is 10.1. The molecule has 0 aromatic carbocycles. The Hall–Kier alpha value is -0.330. The molecule has 0 aromatic heterocycles. The molecule has 0 radical (unpaired) electrons. The highest BCUT2D eigenvalue weighted by Gasteiger charge is 1.94. The summed E-state index contributed by atoms with van der Waals surface area (Å²) < 4.78 is 12.5. The molecule has 74 valence electrons. The fraction of sp³-hybridized carbons (Fsp3) is 0.818. The molecule has 0 saturated heterocycles. The highest BCUT2D eigenvalue weighted by molar-refractivity contribution is 4.88. The monoisotopic (exact) mass is 174 g/mol. The van der Waals surface area contributed by atoms with E-state index in [4.69, 9.17) is 0 Å². The smallest absolute Gasteiger partial charge is 0.118 e. The minimum Gasteiger partial charge on any atom is -0.243 e. The molecule has 0 heterocycles. The molecule has 12 heavy (non-hydrogen) atoms. The maximum Gasteiger partial charge on any atom is 0.118 e. The van der Waals surface area contributed by atoms with Crippen LogP contribution in [0, 0.1) is 5.92 Å².